The van der Waals surface area contributed by atoms with Crippen LogP contribution in [0.4, 0.5) is 0 Å². The van der Waals surface area contributed by atoms with E-state index in [9.17, 15) is 0 Å². The summed E-state index contributed by atoms with van der Waals surface area (Å²) in [7, 11) is 0. The Balaban J connectivity index is 2.01. The first-order chi connectivity index (χ1) is 8.04. The standard InChI is InChI=1S/C12H17ClN2S2/c1-7-6-8(2)16-12(14-7)15-9(3)10-4-5-11(13)17-10/h4-5,7-9H,6H2,1-3H3,(H,14,15). The summed E-state index contributed by atoms with van der Waals surface area (Å²) in [5.41, 5.74) is 0. The van der Waals surface area contributed by atoms with Crippen LogP contribution in [0.25, 0.3) is 0 Å². The van der Waals surface area contributed by atoms with Gasteiger partial charge in [-0.05, 0) is 32.4 Å². The highest BCUT2D eigenvalue weighted by atomic mass is 35.5. The Morgan fingerprint density at radius 3 is 2.82 bits per heavy atom. The lowest BCUT2D eigenvalue weighted by atomic mass is 10.2. The van der Waals surface area contributed by atoms with Gasteiger partial charge in [-0.25, -0.2) is 0 Å². The van der Waals surface area contributed by atoms with Crippen molar-refractivity contribution in [3.63, 3.8) is 0 Å². The van der Waals surface area contributed by atoms with Crippen molar-refractivity contribution in [3.05, 3.63) is 21.3 Å². The number of rotatable bonds is 2. The molecule has 1 aromatic heterocycles. The number of nitrogens with one attached hydrogen (secondary N) is 1. The smallest absolute Gasteiger partial charge is 0.157 e. The van der Waals surface area contributed by atoms with E-state index in [0.29, 0.717) is 11.3 Å². The molecule has 17 heavy (non-hydrogen) atoms. The van der Waals surface area contributed by atoms with E-state index in [4.69, 9.17) is 11.6 Å². The van der Waals surface area contributed by atoms with Crippen LogP contribution in [0, 0.1) is 0 Å². The van der Waals surface area contributed by atoms with Gasteiger partial charge in [-0.1, -0.05) is 30.3 Å². The lowest BCUT2D eigenvalue weighted by molar-refractivity contribution is 0.645. The Labute approximate surface area is 116 Å². The number of aliphatic imine (C=N–C) groups is 1. The van der Waals surface area contributed by atoms with Crippen LogP contribution in [0.5, 0.6) is 0 Å². The first-order valence-electron chi connectivity index (χ1n) is 5.81. The molecule has 0 amide bonds. The zero-order chi connectivity index (χ0) is 12.4. The molecule has 5 heteroatoms. The molecule has 0 saturated carbocycles. The number of nitrogens with zero attached hydrogens (tertiary/aromatic N) is 1. The number of hydrogen-bond donors (Lipinski definition) is 1. The molecule has 1 aliphatic rings. The average Bonchev–Trinajstić information content (AvgIpc) is 2.63. The maximum absolute atomic E-state index is 5.95. The predicted octanol–water partition coefficient (Wildman–Crippen LogP) is 4.32. The summed E-state index contributed by atoms with van der Waals surface area (Å²) in [4.78, 5) is 5.90. The van der Waals surface area contributed by atoms with E-state index in [1.54, 1.807) is 11.3 Å². The minimum Gasteiger partial charge on any atom is -0.358 e. The van der Waals surface area contributed by atoms with Crippen LogP contribution >= 0.6 is 34.7 Å². The van der Waals surface area contributed by atoms with Gasteiger partial charge in [0.1, 0.15) is 0 Å². The van der Waals surface area contributed by atoms with Gasteiger partial charge in [0.25, 0.3) is 0 Å². The third kappa shape index (κ3) is 3.63. The van der Waals surface area contributed by atoms with Gasteiger partial charge in [-0.3, -0.25) is 4.99 Å². The molecule has 2 heterocycles. The quantitative estimate of drug-likeness (QED) is 0.876. The number of thiophene rings is 1. The lowest BCUT2D eigenvalue weighted by Gasteiger charge is -2.25. The number of halogens is 1. The molecular weight excluding hydrogens is 272 g/mol. The van der Waals surface area contributed by atoms with Gasteiger partial charge in [0.05, 0.1) is 16.4 Å². The van der Waals surface area contributed by atoms with Gasteiger partial charge in [-0.15, -0.1) is 11.3 Å². The third-order valence-electron chi connectivity index (χ3n) is 2.68. The van der Waals surface area contributed by atoms with Gasteiger partial charge in [0, 0.05) is 10.1 Å². The Hall–Kier alpha value is -0.190. The molecule has 2 rings (SSSR count). The monoisotopic (exact) mass is 288 g/mol. The van der Waals surface area contributed by atoms with Crippen LogP contribution < -0.4 is 5.32 Å². The van der Waals surface area contributed by atoms with Crippen molar-refractivity contribution in [2.75, 3.05) is 0 Å². The summed E-state index contributed by atoms with van der Waals surface area (Å²) in [6, 6.07) is 4.72. The highest BCUT2D eigenvalue weighted by Crippen LogP contribution is 2.29. The molecule has 1 aliphatic heterocycles. The van der Waals surface area contributed by atoms with Gasteiger partial charge >= 0.3 is 0 Å². The first-order valence-corrected chi connectivity index (χ1v) is 7.88. The van der Waals surface area contributed by atoms with E-state index in [1.165, 1.54) is 4.88 Å². The third-order valence-corrected chi connectivity index (χ3v) is 5.14. The van der Waals surface area contributed by atoms with E-state index in [2.05, 4.69) is 37.1 Å². The molecule has 3 atom stereocenters. The molecule has 0 fully saturated rings. The molecule has 0 saturated heterocycles. The van der Waals surface area contributed by atoms with Gasteiger partial charge < -0.3 is 5.32 Å². The second-order valence-electron chi connectivity index (χ2n) is 4.46. The fraction of sp³-hybridized carbons (Fsp3) is 0.583. The van der Waals surface area contributed by atoms with Gasteiger partial charge in [-0.2, -0.15) is 0 Å². The topological polar surface area (TPSA) is 24.4 Å². The summed E-state index contributed by atoms with van der Waals surface area (Å²) in [6.45, 7) is 6.57. The second-order valence-corrected chi connectivity index (χ2v) is 7.63. The van der Waals surface area contributed by atoms with Crippen molar-refractivity contribution >= 4 is 39.9 Å². The van der Waals surface area contributed by atoms with Crippen LogP contribution in [0.15, 0.2) is 17.1 Å². The molecule has 94 valence electrons. The van der Waals surface area contributed by atoms with Crippen molar-refractivity contribution in [1.29, 1.82) is 0 Å². The van der Waals surface area contributed by atoms with Gasteiger partial charge in [0.2, 0.25) is 0 Å². The Bertz CT molecular complexity index is 416. The molecule has 0 aromatic carbocycles. The highest BCUT2D eigenvalue weighted by molar-refractivity contribution is 8.14. The van der Waals surface area contributed by atoms with E-state index in [1.807, 2.05) is 17.8 Å². The molecule has 0 radical (unpaired) electrons. The predicted molar refractivity (Wildman–Crippen MR) is 79.4 cm³/mol. The molecular formula is C12H17ClN2S2. The van der Waals surface area contributed by atoms with Crippen molar-refractivity contribution in [2.24, 2.45) is 4.99 Å². The molecule has 0 spiro atoms. The minimum absolute atomic E-state index is 0.274. The molecule has 0 bridgehead atoms. The maximum Gasteiger partial charge on any atom is 0.157 e. The number of hydrogen-bond acceptors (Lipinski definition) is 4. The summed E-state index contributed by atoms with van der Waals surface area (Å²) >= 11 is 9.40. The number of thioether (sulfide) groups is 1. The van der Waals surface area contributed by atoms with Crippen LogP contribution in [-0.2, 0) is 0 Å². The summed E-state index contributed by atoms with van der Waals surface area (Å²) in [5, 5.41) is 5.18. The van der Waals surface area contributed by atoms with Crippen molar-refractivity contribution < 1.29 is 0 Å². The van der Waals surface area contributed by atoms with Crippen molar-refractivity contribution in [2.45, 2.75) is 44.5 Å². The van der Waals surface area contributed by atoms with Crippen LogP contribution in [0.2, 0.25) is 4.34 Å². The largest absolute Gasteiger partial charge is 0.358 e. The summed E-state index contributed by atoms with van der Waals surface area (Å²) in [6.07, 6.45) is 1.16. The zero-order valence-electron chi connectivity index (χ0n) is 10.2. The fourth-order valence-electron chi connectivity index (χ4n) is 1.89. The van der Waals surface area contributed by atoms with Crippen LogP contribution in [-0.4, -0.2) is 16.5 Å². The second kappa shape index (κ2) is 5.63. The van der Waals surface area contributed by atoms with Crippen molar-refractivity contribution in [3.8, 4) is 0 Å². The fourth-order valence-corrected chi connectivity index (χ4v) is 4.20. The highest BCUT2D eigenvalue weighted by Gasteiger charge is 2.20. The van der Waals surface area contributed by atoms with E-state index >= 15 is 0 Å². The Morgan fingerprint density at radius 1 is 1.47 bits per heavy atom. The molecule has 0 aliphatic carbocycles. The summed E-state index contributed by atoms with van der Waals surface area (Å²) < 4.78 is 0.841. The molecule has 1 N–H and O–H groups in total. The first kappa shape index (κ1) is 13.2. The lowest BCUT2D eigenvalue weighted by Crippen LogP contribution is -2.30. The van der Waals surface area contributed by atoms with E-state index < -0.39 is 0 Å². The van der Waals surface area contributed by atoms with Crippen LogP contribution in [0.1, 0.15) is 38.1 Å². The van der Waals surface area contributed by atoms with Crippen LogP contribution in [0.3, 0.4) is 0 Å². The minimum atomic E-state index is 0.274. The number of amidine groups is 1. The van der Waals surface area contributed by atoms with Gasteiger partial charge in [0.15, 0.2) is 5.17 Å². The molecule has 2 nitrogen and oxygen atoms in total. The van der Waals surface area contributed by atoms with E-state index in [0.717, 1.165) is 15.9 Å². The van der Waals surface area contributed by atoms with E-state index in [-0.39, 0.29) is 6.04 Å². The molecule has 3 unspecified atom stereocenters. The van der Waals surface area contributed by atoms with Crippen molar-refractivity contribution in [1.82, 2.24) is 5.32 Å². The molecule has 1 aromatic rings. The normalized spacial score (nSPS) is 26.5. The maximum atomic E-state index is 5.95. The Kier molecular flexibility index (Phi) is 4.39. The SMILES string of the molecule is CC1CC(C)SC(NC(C)c2ccc(Cl)s2)=N1. The summed E-state index contributed by atoms with van der Waals surface area (Å²) in [5.74, 6) is 0. The zero-order valence-corrected chi connectivity index (χ0v) is 12.6. The Morgan fingerprint density at radius 2 is 2.24 bits per heavy atom. The average molecular weight is 289 g/mol.